The summed E-state index contributed by atoms with van der Waals surface area (Å²) in [6, 6.07) is 0. The van der Waals surface area contributed by atoms with Crippen LogP contribution in [0.4, 0.5) is 0 Å². The second-order valence-corrected chi connectivity index (χ2v) is 3.02. The molecule has 0 spiro atoms. The molecule has 9 heavy (non-hydrogen) atoms. The van der Waals surface area contributed by atoms with Crippen LogP contribution >= 0.6 is 11.5 Å². The summed E-state index contributed by atoms with van der Waals surface area (Å²) in [5.74, 6) is 0. The van der Waals surface area contributed by atoms with E-state index in [-0.39, 0.29) is 6.40 Å². The Morgan fingerprint density at radius 2 is 1.67 bits per heavy atom. The lowest BCUT2D eigenvalue weighted by Crippen LogP contribution is -2.50. The van der Waals surface area contributed by atoms with Crippen molar-refractivity contribution in [3.63, 3.8) is 0 Å². The van der Waals surface area contributed by atoms with E-state index in [1.165, 1.54) is 6.42 Å². The average molecular weight is 146 g/mol. The van der Waals surface area contributed by atoms with Crippen LogP contribution in [-0.2, 0) is 0 Å². The van der Waals surface area contributed by atoms with Crippen LogP contribution in [0.1, 0.15) is 6.42 Å². The van der Waals surface area contributed by atoms with Crippen LogP contribution in [0.2, 0.25) is 0 Å². The first-order chi connectivity index (χ1) is 4.22. The Hall–Kier alpha value is 0.275. The normalized spacial score (nSPS) is 25.0. The molecule has 52 valence electrons. The topological polar surface area (TPSA) is 6.48 Å². The Labute approximate surface area is 61.8 Å². The lowest BCUT2D eigenvalue weighted by Gasteiger charge is -2.32. The molecule has 1 aliphatic rings. The predicted molar refractivity (Wildman–Crippen MR) is 41.5 cm³/mol. The highest BCUT2D eigenvalue weighted by Crippen LogP contribution is 2.08. The summed E-state index contributed by atoms with van der Waals surface area (Å²) in [6.07, 6.45) is 1.34. The van der Waals surface area contributed by atoms with Gasteiger partial charge in [-0.2, -0.15) is 0 Å². The van der Waals surface area contributed by atoms with Crippen LogP contribution in [0.5, 0.6) is 0 Å². The monoisotopic (exact) mass is 146 g/mol. The molecule has 0 bridgehead atoms. The van der Waals surface area contributed by atoms with Gasteiger partial charge in [0, 0.05) is 0 Å². The zero-order valence-corrected chi connectivity index (χ0v) is 6.73. The fourth-order valence-corrected chi connectivity index (χ4v) is 1.31. The summed E-state index contributed by atoms with van der Waals surface area (Å²) < 4.78 is 0. The highest BCUT2D eigenvalue weighted by Gasteiger charge is 2.26. The van der Waals surface area contributed by atoms with Gasteiger partial charge in [-0.3, -0.25) is 0 Å². The van der Waals surface area contributed by atoms with Crippen LogP contribution in [-0.4, -0.2) is 43.2 Å². The van der Waals surface area contributed by atoms with E-state index in [0.717, 1.165) is 13.1 Å². The first-order valence-electron chi connectivity index (χ1n) is 3.26. The standard InChI is InChI=1S/C5H12BClN2/c1-8-4-3-5-9(2)6(8)7/h3-5H2,1-2H3. The molecule has 4 heteroatoms. The molecule has 0 unspecified atom stereocenters. The molecule has 1 saturated heterocycles. The summed E-state index contributed by atoms with van der Waals surface area (Å²) in [6.45, 7) is 2.25. The molecular formula is C5H12BClN2. The number of nitrogens with zero attached hydrogens (tertiary/aromatic N) is 2. The quantitative estimate of drug-likeness (QED) is 0.459. The van der Waals surface area contributed by atoms with Crippen LogP contribution in [0.3, 0.4) is 0 Å². The van der Waals surface area contributed by atoms with Gasteiger partial charge in [0.15, 0.2) is 0 Å². The number of hydrogen-bond donors (Lipinski definition) is 0. The minimum atomic E-state index is 0.110. The van der Waals surface area contributed by atoms with Gasteiger partial charge in [0.25, 0.3) is 0 Å². The van der Waals surface area contributed by atoms with Gasteiger partial charge in [-0.05, 0) is 33.6 Å². The van der Waals surface area contributed by atoms with Gasteiger partial charge >= 0.3 is 6.40 Å². The van der Waals surface area contributed by atoms with Crippen molar-refractivity contribution in [3.05, 3.63) is 0 Å². The Bertz CT molecular complexity index is 91.0. The fourth-order valence-electron chi connectivity index (χ4n) is 1.12. The molecule has 0 saturated carbocycles. The molecule has 0 aromatic heterocycles. The van der Waals surface area contributed by atoms with Gasteiger partial charge in [-0.15, -0.1) is 11.5 Å². The van der Waals surface area contributed by atoms with Crippen molar-refractivity contribution in [2.45, 2.75) is 6.42 Å². The molecule has 0 atom stereocenters. The van der Waals surface area contributed by atoms with Crippen molar-refractivity contribution in [3.8, 4) is 0 Å². The Morgan fingerprint density at radius 3 is 2.00 bits per heavy atom. The van der Waals surface area contributed by atoms with Crippen LogP contribution in [0, 0.1) is 0 Å². The van der Waals surface area contributed by atoms with E-state index >= 15 is 0 Å². The number of halogens is 1. The van der Waals surface area contributed by atoms with Crippen molar-refractivity contribution in [2.24, 2.45) is 0 Å². The Kier molecular flexibility index (Phi) is 2.38. The largest absolute Gasteiger partial charge is 0.418 e. The maximum Gasteiger partial charge on any atom is 0.418 e. The number of rotatable bonds is 0. The molecule has 0 amide bonds. The summed E-state index contributed by atoms with van der Waals surface area (Å²) in [5.41, 5.74) is 0. The molecule has 0 aromatic carbocycles. The Morgan fingerprint density at radius 1 is 1.22 bits per heavy atom. The van der Waals surface area contributed by atoms with Gasteiger partial charge in [0.1, 0.15) is 0 Å². The van der Waals surface area contributed by atoms with E-state index in [4.69, 9.17) is 11.5 Å². The third-order valence-electron chi connectivity index (χ3n) is 1.75. The van der Waals surface area contributed by atoms with Gasteiger partial charge < -0.3 is 9.62 Å². The van der Waals surface area contributed by atoms with Crippen molar-refractivity contribution in [1.82, 2.24) is 9.62 Å². The highest BCUT2D eigenvalue weighted by molar-refractivity contribution is 7.03. The molecule has 2 nitrogen and oxygen atoms in total. The zero-order valence-electron chi connectivity index (χ0n) is 5.97. The highest BCUT2D eigenvalue weighted by atomic mass is 35.5. The van der Waals surface area contributed by atoms with E-state index < -0.39 is 0 Å². The van der Waals surface area contributed by atoms with E-state index in [0.29, 0.717) is 0 Å². The van der Waals surface area contributed by atoms with Gasteiger partial charge in [-0.25, -0.2) is 0 Å². The summed E-state index contributed by atoms with van der Waals surface area (Å²) in [5, 5.41) is 0. The summed E-state index contributed by atoms with van der Waals surface area (Å²) >= 11 is 5.97. The van der Waals surface area contributed by atoms with Crippen molar-refractivity contribution >= 4 is 17.9 Å². The molecule has 0 aliphatic carbocycles. The average Bonchev–Trinajstić information content (AvgIpc) is 1.83. The molecule has 0 N–H and O–H groups in total. The van der Waals surface area contributed by atoms with Crippen LogP contribution < -0.4 is 0 Å². The lowest BCUT2D eigenvalue weighted by atomic mass is 9.99. The SMILES string of the molecule is CN1CCCN(C)B1Cl. The second-order valence-electron chi connectivity index (χ2n) is 2.63. The first kappa shape index (κ1) is 7.38. The Balaban J connectivity index is 2.41. The summed E-state index contributed by atoms with van der Waals surface area (Å²) in [7, 11) is 4.10. The van der Waals surface area contributed by atoms with Crippen molar-refractivity contribution in [2.75, 3.05) is 27.2 Å². The maximum atomic E-state index is 5.97. The van der Waals surface area contributed by atoms with E-state index in [1.807, 2.05) is 14.1 Å². The second kappa shape index (κ2) is 2.91. The first-order valence-corrected chi connectivity index (χ1v) is 3.70. The molecule has 1 fully saturated rings. The van der Waals surface area contributed by atoms with Gasteiger partial charge in [-0.1, -0.05) is 0 Å². The predicted octanol–water partition coefficient (Wildman–Crippen LogP) is 0.477. The minimum absolute atomic E-state index is 0.110. The van der Waals surface area contributed by atoms with Crippen LogP contribution in [0.15, 0.2) is 0 Å². The van der Waals surface area contributed by atoms with Gasteiger partial charge in [0.2, 0.25) is 0 Å². The van der Waals surface area contributed by atoms with Crippen molar-refractivity contribution < 1.29 is 0 Å². The smallest absolute Gasteiger partial charge is 0.317 e. The maximum absolute atomic E-state index is 5.97. The molecule has 1 aliphatic heterocycles. The molecule has 1 rings (SSSR count). The van der Waals surface area contributed by atoms with E-state index in [1.54, 1.807) is 0 Å². The lowest BCUT2D eigenvalue weighted by molar-refractivity contribution is 0.357. The molecule has 0 radical (unpaired) electrons. The third-order valence-corrected chi connectivity index (χ3v) is 2.42. The molecular weight excluding hydrogens is 134 g/mol. The van der Waals surface area contributed by atoms with E-state index in [2.05, 4.69) is 9.62 Å². The van der Waals surface area contributed by atoms with Gasteiger partial charge in [0.05, 0.1) is 0 Å². The van der Waals surface area contributed by atoms with Crippen molar-refractivity contribution in [1.29, 1.82) is 0 Å². The van der Waals surface area contributed by atoms with E-state index in [9.17, 15) is 0 Å². The number of hydrogen-bond acceptors (Lipinski definition) is 2. The molecule has 0 aromatic rings. The molecule has 1 heterocycles. The van der Waals surface area contributed by atoms with Crippen LogP contribution in [0.25, 0.3) is 0 Å². The summed E-state index contributed by atoms with van der Waals surface area (Å²) in [4.78, 5) is 4.29. The fraction of sp³-hybridized carbons (Fsp3) is 1.00. The minimum Gasteiger partial charge on any atom is -0.317 e. The third kappa shape index (κ3) is 1.60. The zero-order chi connectivity index (χ0) is 6.85.